The number of fused-ring (bicyclic) bond motifs is 1. The van der Waals surface area contributed by atoms with E-state index in [1.54, 1.807) is 50.4 Å². The number of methoxy groups -OCH3 is 4. The molecule has 1 aliphatic rings. The van der Waals surface area contributed by atoms with E-state index in [-0.39, 0.29) is 11.8 Å². The number of amides is 2. The smallest absolute Gasteiger partial charge is 0.254 e. The number of anilines is 1. The molecule has 2 atom stereocenters. The predicted molar refractivity (Wildman–Crippen MR) is 146 cm³/mol. The Morgan fingerprint density at radius 2 is 1.39 bits per heavy atom. The number of nitrogens with one attached hydrogen (secondary N) is 1. The SMILES string of the molecule is COc1ccc(C2C(C(=O)Nc3ccc(C(C)C)cc3)c3cc(OC)c(OC)cc3C(=O)N2C)cc1OC. The van der Waals surface area contributed by atoms with Crippen LogP contribution in [0.4, 0.5) is 5.69 Å². The van der Waals surface area contributed by atoms with Crippen molar-refractivity contribution < 1.29 is 28.5 Å². The summed E-state index contributed by atoms with van der Waals surface area (Å²) in [6.07, 6.45) is 0. The Hall–Kier alpha value is -4.20. The minimum Gasteiger partial charge on any atom is -0.493 e. The predicted octanol–water partition coefficient (Wildman–Crippen LogP) is 5.39. The number of hydrogen-bond donors (Lipinski definition) is 1. The monoisotopic (exact) mass is 518 g/mol. The lowest BCUT2D eigenvalue weighted by Gasteiger charge is -2.40. The summed E-state index contributed by atoms with van der Waals surface area (Å²) in [5.74, 6) is 1.05. The maximum Gasteiger partial charge on any atom is 0.254 e. The average molecular weight is 519 g/mol. The molecule has 3 aromatic carbocycles. The largest absolute Gasteiger partial charge is 0.493 e. The van der Waals surface area contributed by atoms with Crippen molar-refractivity contribution in [2.75, 3.05) is 40.8 Å². The summed E-state index contributed by atoms with van der Waals surface area (Å²) in [6, 6.07) is 16.0. The van der Waals surface area contributed by atoms with E-state index in [0.717, 1.165) is 5.56 Å². The van der Waals surface area contributed by atoms with Crippen LogP contribution in [-0.4, -0.2) is 52.2 Å². The van der Waals surface area contributed by atoms with Crippen molar-refractivity contribution in [3.05, 3.63) is 76.9 Å². The molecule has 8 heteroatoms. The van der Waals surface area contributed by atoms with Gasteiger partial charge in [-0.3, -0.25) is 9.59 Å². The zero-order chi connectivity index (χ0) is 27.6. The van der Waals surface area contributed by atoms with Gasteiger partial charge in [0.2, 0.25) is 5.91 Å². The maximum atomic E-state index is 14.0. The molecule has 1 aliphatic heterocycles. The molecule has 0 saturated heterocycles. The molecule has 4 rings (SSSR count). The van der Waals surface area contributed by atoms with Crippen molar-refractivity contribution in [2.24, 2.45) is 0 Å². The van der Waals surface area contributed by atoms with Gasteiger partial charge in [0, 0.05) is 18.3 Å². The molecule has 0 aliphatic carbocycles. The van der Waals surface area contributed by atoms with Crippen molar-refractivity contribution in [1.82, 2.24) is 4.90 Å². The maximum absolute atomic E-state index is 14.0. The van der Waals surface area contributed by atoms with Crippen molar-refractivity contribution >= 4 is 17.5 Å². The summed E-state index contributed by atoms with van der Waals surface area (Å²) in [6.45, 7) is 4.24. The molecular weight excluding hydrogens is 484 g/mol. The molecule has 38 heavy (non-hydrogen) atoms. The number of nitrogens with zero attached hydrogens (tertiary/aromatic N) is 1. The van der Waals surface area contributed by atoms with Gasteiger partial charge in [-0.1, -0.05) is 32.0 Å². The summed E-state index contributed by atoms with van der Waals surface area (Å²) in [4.78, 5) is 29.2. The summed E-state index contributed by atoms with van der Waals surface area (Å²) in [5, 5.41) is 3.07. The standard InChI is InChI=1S/C30H34N2O6/c1-17(2)18-8-11-20(12-9-18)31-29(33)27-21-15-25(37-6)26(38-7)16-22(21)30(34)32(3)28(27)19-10-13-23(35-4)24(14-19)36-5/h8-17,27-28H,1-7H3,(H,31,33). The third-order valence-electron chi connectivity index (χ3n) is 7.05. The van der Waals surface area contributed by atoms with Crippen LogP contribution in [0.1, 0.15) is 58.8 Å². The Kier molecular flexibility index (Phi) is 7.80. The number of likely N-dealkylation sites (N-methyl/N-ethyl adjacent to an activating group) is 1. The Morgan fingerprint density at radius 1 is 0.816 bits per heavy atom. The van der Waals surface area contributed by atoms with E-state index in [2.05, 4.69) is 19.2 Å². The summed E-state index contributed by atoms with van der Waals surface area (Å²) >= 11 is 0. The molecule has 0 saturated carbocycles. The Bertz CT molecular complexity index is 1340. The molecule has 0 spiro atoms. The van der Waals surface area contributed by atoms with E-state index in [4.69, 9.17) is 18.9 Å². The van der Waals surface area contributed by atoms with Crippen LogP contribution in [0, 0.1) is 0 Å². The first kappa shape index (κ1) is 26.9. The second-order valence-electron chi connectivity index (χ2n) is 9.51. The van der Waals surface area contributed by atoms with Crippen LogP contribution in [0.25, 0.3) is 0 Å². The van der Waals surface area contributed by atoms with Gasteiger partial charge in [-0.05, 0) is 59.0 Å². The number of carbonyl (C=O) groups is 2. The van der Waals surface area contributed by atoms with Crippen LogP contribution in [0.2, 0.25) is 0 Å². The quantitative estimate of drug-likeness (QED) is 0.430. The van der Waals surface area contributed by atoms with Crippen LogP contribution < -0.4 is 24.3 Å². The van der Waals surface area contributed by atoms with Crippen LogP contribution in [0.15, 0.2) is 54.6 Å². The summed E-state index contributed by atoms with van der Waals surface area (Å²) in [5.41, 5.74) is 3.52. The normalized spacial score (nSPS) is 16.6. The number of benzene rings is 3. The van der Waals surface area contributed by atoms with Gasteiger partial charge in [0.15, 0.2) is 23.0 Å². The zero-order valence-electron chi connectivity index (χ0n) is 22.8. The highest BCUT2D eigenvalue weighted by Gasteiger charge is 2.44. The van der Waals surface area contributed by atoms with Gasteiger partial charge in [-0.2, -0.15) is 0 Å². The van der Waals surface area contributed by atoms with Gasteiger partial charge in [-0.15, -0.1) is 0 Å². The van der Waals surface area contributed by atoms with E-state index in [0.29, 0.717) is 45.7 Å². The third kappa shape index (κ3) is 4.86. The van der Waals surface area contributed by atoms with Crippen LogP contribution in [-0.2, 0) is 4.79 Å². The van der Waals surface area contributed by atoms with Crippen molar-refractivity contribution in [2.45, 2.75) is 31.7 Å². The third-order valence-corrected chi connectivity index (χ3v) is 7.05. The van der Waals surface area contributed by atoms with E-state index in [1.165, 1.54) is 19.8 Å². The second-order valence-corrected chi connectivity index (χ2v) is 9.51. The van der Waals surface area contributed by atoms with Crippen molar-refractivity contribution in [1.29, 1.82) is 0 Å². The molecule has 200 valence electrons. The Balaban J connectivity index is 1.86. The van der Waals surface area contributed by atoms with Gasteiger partial charge in [-0.25, -0.2) is 0 Å². The van der Waals surface area contributed by atoms with E-state index >= 15 is 0 Å². The minimum atomic E-state index is -0.754. The highest BCUT2D eigenvalue weighted by Crippen LogP contribution is 2.47. The number of hydrogen-bond acceptors (Lipinski definition) is 6. The molecule has 1 N–H and O–H groups in total. The lowest BCUT2D eigenvalue weighted by molar-refractivity contribution is -0.119. The van der Waals surface area contributed by atoms with Gasteiger partial charge < -0.3 is 29.2 Å². The zero-order valence-corrected chi connectivity index (χ0v) is 22.8. The van der Waals surface area contributed by atoms with Gasteiger partial charge in [0.05, 0.1) is 40.4 Å². The lowest BCUT2D eigenvalue weighted by Crippen LogP contribution is -2.44. The van der Waals surface area contributed by atoms with Crippen molar-refractivity contribution in [3.63, 3.8) is 0 Å². The van der Waals surface area contributed by atoms with Crippen LogP contribution in [0.5, 0.6) is 23.0 Å². The molecule has 1 heterocycles. The van der Waals surface area contributed by atoms with E-state index in [9.17, 15) is 9.59 Å². The number of ether oxygens (including phenoxy) is 4. The van der Waals surface area contributed by atoms with Crippen LogP contribution in [0.3, 0.4) is 0 Å². The highest BCUT2D eigenvalue weighted by atomic mass is 16.5. The minimum absolute atomic E-state index is 0.230. The molecular formula is C30H34N2O6. The fraction of sp³-hybridized carbons (Fsp3) is 0.333. The topological polar surface area (TPSA) is 86.3 Å². The first-order chi connectivity index (χ1) is 18.2. The van der Waals surface area contributed by atoms with Crippen molar-refractivity contribution in [3.8, 4) is 23.0 Å². The molecule has 2 amide bonds. The number of rotatable bonds is 8. The van der Waals surface area contributed by atoms with Crippen LogP contribution >= 0.6 is 0 Å². The first-order valence-corrected chi connectivity index (χ1v) is 12.4. The molecule has 0 fully saturated rings. The van der Waals surface area contributed by atoms with E-state index in [1.807, 2.05) is 30.3 Å². The number of carbonyl (C=O) groups excluding carboxylic acids is 2. The van der Waals surface area contributed by atoms with Gasteiger partial charge in [0.1, 0.15) is 0 Å². The van der Waals surface area contributed by atoms with Gasteiger partial charge >= 0.3 is 0 Å². The lowest BCUT2D eigenvalue weighted by atomic mass is 9.79. The molecule has 2 unspecified atom stereocenters. The first-order valence-electron chi connectivity index (χ1n) is 12.4. The Labute approximate surface area is 223 Å². The highest BCUT2D eigenvalue weighted by molar-refractivity contribution is 6.05. The second kappa shape index (κ2) is 11.0. The summed E-state index contributed by atoms with van der Waals surface area (Å²) in [7, 11) is 7.84. The molecule has 0 radical (unpaired) electrons. The molecule has 3 aromatic rings. The average Bonchev–Trinajstić information content (AvgIpc) is 2.93. The fourth-order valence-electron chi connectivity index (χ4n) is 4.96. The molecule has 0 bridgehead atoms. The Morgan fingerprint density at radius 3 is 1.97 bits per heavy atom. The molecule has 8 nitrogen and oxygen atoms in total. The fourth-order valence-corrected chi connectivity index (χ4v) is 4.96. The summed E-state index contributed by atoms with van der Waals surface area (Å²) < 4.78 is 21.9. The van der Waals surface area contributed by atoms with E-state index < -0.39 is 12.0 Å². The molecule has 0 aromatic heterocycles. The van der Waals surface area contributed by atoms with Gasteiger partial charge in [0.25, 0.3) is 5.91 Å².